The van der Waals surface area contributed by atoms with Crippen LogP contribution in [0.1, 0.15) is 85.8 Å². The standard InChI is InChI=1S/C46H55NO3P2.C5H10.CH3.Fe/c1-30-26-37(27-31(2)45(30)49-8)52(38-28-32(3)46(50-9)33(4)29-38)42-25-24-39(34(5)47(6)7)43(42)44(48)40-22-16-17-23-41(40)51(35-18-12-10-13-19-35)36-20-14-11-15-21-36;1-2-4-5-3-1;;/h10-23,26-29,34,39,42-44,48H,24-25H2,1-9H3;1-5H2;1H3;/q;;-1;/t34-,39?,42?,43?,44?;;;/m1.../s1. The third-order valence-electron chi connectivity index (χ3n) is 12.5. The van der Waals surface area contributed by atoms with Gasteiger partial charge in [-0.05, 0) is 168 Å². The van der Waals surface area contributed by atoms with Gasteiger partial charge in [-0.15, -0.1) is 0 Å². The molecule has 5 aromatic rings. The van der Waals surface area contributed by atoms with E-state index in [9.17, 15) is 5.11 Å². The van der Waals surface area contributed by atoms with Gasteiger partial charge in [0.2, 0.25) is 0 Å². The van der Waals surface area contributed by atoms with Crippen LogP contribution in [0.2, 0.25) is 0 Å². The number of aliphatic hydroxyl groups is 1. The number of ether oxygens (including phenoxy) is 2. The zero-order valence-electron chi connectivity index (χ0n) is 37.2. The van der Waals surface area contributed by atoms with Crippen molar-refractivity contribution in [2.24, 2.45) is 11.8 Å². The second kappa shape index (κ2) is 22.7. The van der Waals surface area contributed by atoms with Crippen molar-refractivity contribution in [3.63, 3.8) is 0 Å². The molecular weight excluding hydrogens is 804 g/mol. The normalized spacial score (nSPS) is 18.4. The molecule has 0 amide bonds. The molecule has 4 nitrogen and oxygen atoms in total. The number of hydrogen-bond acceptors (Lipinski definition) is 4. The van der Waals surface area contributed by atoms with Crippen molar-refractivity contribution < 1.29 is 31.6 Å². The summed E-state index contributed by atoms with van der Waals surface area (Å²) >= 11 is 0. The Balaban J connectivity index is 0.00000102. The largest absolute Gasteiger partial charge is 0.496 e. The molecule has 0 bridgehead atoms. The number of aliphatic hydroxyl groups excluding tert-OH is 1. The molecule has 0 spiro atoms. The zero-order chi connectivity index (χ0) is 40.6. The average molecular weight is 873 g/mol. The smallest absolute Gasteiger partial charge is 0.124 e. The summed E-state index contributed by atoms with van der Waals surface area (Å²) in [6, 6.07) is 40.2. The van der Waals surface area contributed by atoms with E-state index in [1.807, 2.05) is 0 Å². The van der Waals surface area contributed by atoms with Crippen molar-refractivity contribution in [2.75, 3.05) is 28.3 Å². The van der Waals surface area contributed by atoms with Crippen LogP contribution in [-0.4, -0.2) is 50.0 Å². The summed E-state index contributed by atoms with van der Waals surface area (Å²) in [6.07, 6.45) is 8.99. The molecule has 0 aromatic heterocycles. The van der Waals surface area contributed by atoms with Gasteiger partial charge in [0.05, 0.1) is 20.3 Å². The molecule has 2 aliphatic rings. The first-order valence-corrected chi connectivity index (χ1v) is 23.7. The molecule has 318 valence electrons. The molecule has 0 saturated heterocycles. The first-order chi connectivity index (χ1) is 27.5. The summed E-state index contributed by atoms with van der Waals surface area (Å²) in [5, 5.41) is 19.7. The van der Waals surface area contributed by atoms with Crippen LogP contribution in [0, 0.1) is 47.0 Å². The number of aryl methyl sites for hydroxylation is 4. The first kappa shape index (κ1) is 48.7. The minimum absolute atomic E-state index is 0. The van der Waals surface area contributed by atoms with Gasteiger partial charge in [-0.3, -0.25) is 0 Å². The van der Waals surface area contributed by atoms with E-state index in [2.05, 4.69) is 163 Å². The maximum Gasteiger partial charge on any atom is 0.124 e. The average Bonchev–Trinajstić information content (AvgIpc) is 3.94. The maximum atomic E-state index is 13.2. The molecule has 0 radical (unpaired) electrons. The fourth-order valence-corrected chi connectivity index (χ4v) is 15.7. The van der Waals surface area contributed by atoms with Crippen LogP contribution in [0.5, 0.6) is 11.5 Å². The van der Waals surface area contributed by atoms with Gasteiger partial charge in [0, 0.05) is 29.0 Å². The minimum atomic E-state index is -0.894. The summed E-state index contributed by atoms with van der Waals surface area (Å²) in [4.78, 5) is 2.35. The van der Waals surface area contributed by atoms with Gasteiger partial charge in [0.1, 0.15) is 11.5 Å². The fourth-order valence-electron chi connectivity index (χ4n) is 9.65. The maximum absolute atomic E-state index is 13.2. The molecule has 4 unspecified atom stereocenters. The van der Waals surface area contributed by atoms with Crippen LogP contribution < -0.4 is 36.0 Å². The Morgan fingerprint density at radius 2 is 1.02 bits per heavy atom. The van der Waals surface area contributed by atoms with Crippen LogP contribution in [0.3, 0.4) is 0 Å². The molecule has 1 N–H and O–H groups in total. The predicted molar refractivity (Wildman–Crippen MR) is 254 cm³/mol. The van der Waals surface area contributed by atoms with Crippen LogP contribution in [0.4, 0.5) is 0 Å². The number of nitrogens with zero attached hydrogens (tertiary/aromatic N) is 1. The molecule has 2 aliphatic carbocycles. The SMILES string of the molecule is C1CCCC1.COc1c(C)cc(P(c2cc(C)c(OC)c(C)c2)C2CCC([C@@H](C)N(C)C)C2C(O)c2ccccc2P(c2ccccc2)c2ccccc2)cc1C.[CH3-].[Fe]. The number of benzene rings is 5. The van der Waals surface area contributed by atoms with Crippen molar-refractivity contribution in [3.8, 4) is 11.5 Å². The van der Waals surface area contributed by atoms with E-state index in [1.54, 1.807) is 14.2 Å². The fraction of sp³-hybridized carbons (Fsp3) is 0.404. The van der Waals surface area contributed by atoms with Gasteiger partial charge in [-0.2, -0.15) is 0 Å². The molecule has 0 heterocycles. The van der Waals surface area contributed by atoms with E-state index in [4.69, 9.17) is 9.47 Å². The molecule has 7 heteroatoms. The van der Waals surface area contributed by atoms with Gasteiger partial charge in [0.15, 0.2) is 0 Å². The molecule has 2 fully saturated rings. The quantitative estimate of drug-likeness (QED) is 0.0771. The van der Waals surface area contributed by atoms with E-state index in [0.29, 0.717) is 12.0 Å². The van der Waals surface area contributed by atoms with Crippen LogP contribution in [0.15, 0.2) is 109 Å². The number of rotatable bonds is 12. The topological polar surface area (TPSA) is 41.9 Å². The summed E-state index contributed by atoms with van der Waals surface area (Å²) < 4.78 is 11.7. The van der Waals surface area contributed by atoms with Crippen molar-refractivity contribution >= 4 is 42.4 Å². The van der Waals surface area contributed by atoms with Crippen LogP contribution in [-0.2, 0) is 17.1 Å². The Morgan fingerprint density at radius 3 is 1.42 bits per heavy atom. The molecule has 59 heavy (non-hydrogen) atoms. The minimum Gasteiger partial charge on any atom is -0.496 e. The molecule has 2 saturated carbocycles. The monoisotopic (exact) mass is 872 g/mol. The zero-order valence-corrected chi connectivity index (χ0v) is 40.1. The van der Waals surface area contributed by atoms with Crippen molar-refractivity contribution in [2.45, 2.75) is 97.4 Å². The third kappa shape index (κ3) is 11.1. The second-order valence-electron chi connectivity index (χ2n) is 16.5. The van der Waals surface area contributed by atoms with E-state index >= 15 is 0 Å². The summed E-state index contributed by atoms with van der Waals surface area (Å²) in [5.74, 6) is 2.26. The third-order valence-corrected chi connectivity index (χ3v) is 17.9. The van der Waals surface area contributed by atoms with Gasteiger partial charge in [0.25, 0.3) is 0 Å². The van der Waals surface area contributed by atoms with Crippen molar-refractivity contribution in [3.05, 3.63) is 144 Å². The molecular formula is C52H68FeNO3P2-. The summed E-state index contributed by atoms with van der Waals surface area (Å²) in [6.45, 7) is 11.0. The van der Waals surface area contributed by atoms with Crippen LogP contribution >= 0.6 is 15.8 Å². The van der Waals surface area contributed by atoms with Crippen LogP contribution in [0.25, 0.3) is 0 Å². The van der Waals surface area contributed by atoms with E-state index in [1.165, 1.54) is 58.6 Å². The van der Waals surface area contributed by atoms with E-state index in [0.717, 1.165) is 52.2 Å². The van der Waals surface area contributed by atoms with Gasteiger partial charge in [-0.25, -0.2) is 0 Å². The Labute approximate surface area is 370 Å². The Morgan fingerprint density at radius 1 is 0.610 bits per heavy atom. The number of hydrogen-bond donors (Lipinski definition) is 1. The number of methoxy groups -OCH3 is 2. The molecule has 0 aliphatic heterocycles. The van der Waals surface area contributed by atoms with Gasteiger partial charge in [-0.1, -0.05) is 117 Å². The Hall–Kier alpha value is -3.00. The summed E-state index contributed by atoms with van der Waals surface area (Å²) in [5.41, 5.74) is 5.94. The molecule has 5 aromatic carbocycles. The predicted octanol–water partition coefficient (Wildman–Crippen LogP) is 10.6. The Kier molecular flexibility index (Phi) is 18.7. The van der Waals surface area contributed by atoms with Crippen molar-refractivity contribution in [1.82, 2.24) is 4.90 Å². The van der Waals surface area contributed by atoms with E-state index in [-0.39, 0.29) is 36.1 Å². The van der Waals surface area contributed by atoms with Crippen molar-refractivity contribution in [1.29, 1.82) is 0 Å². The molecule has 7 rings (SSSR count). The second-order valence-corrected chi connectivity index (χ2v) is 21.1. The molecule has 5 atom stereocenters. The van der Waals surface area contributed by atoms with E-state index < -0.39 is 21.9 Å². The first-order valence-electron chi connectivity index (χ1n) is 21.0. The van der Waals surface area contributed by atoms with Gasteiger partial charge >= 0.3 is 0 Å². The van der Waals surface area contributed by atoms with Gasteiger partial charge < -0.3 is 26.9 Å². The Bertz CT molecular complexity index is 1900. The summed E-state index contributed by atoms with van der Waals surface area (Å²) in [7, 11) is 6.13.